The number of hydrogen-bond donors (Lipinski definition) is 2. The lowest BCUT2D eigenvalue weighted by Gasteiger charge is -2.32. The summed E-state index contributed by atoms with van der Waals surface area (Å²) in [5, 5.41) is 4.82. The number of aryl methyl sites for hydroxylation is 3. The monoisotopic (exact) mass is 532 g/mol. The van der Waals surface area contributed by atoms with Gasteiger partial charge in [-0.25, -0.2) is 0 Å². The van der Waals surface area contributed by atoms with Gasteiger partial charge in [-0.15, -0.1) is 0 Å². The predicted octanol–water partition coefficient (Wildman–Crippen LogP) is 10.5. The van der Waals surface area contributed by atoms with E-state index in [1.165, 1.54) is 49.6 Å². The molecule has 2 N–H and O–H groups in total. The molecule has 200 valence electrons. The van der Waals surface area contributed by atoms with Crippen molar-refractivity contribution in [2.24, 2.45) is 0 Å². The summed E-state index contributed by atoms with van der Waals surface area (Å²) >= 11 is 0. The van der Waals surface area contributed by atoms with Crippen molar-refractivity contribution in [3.8, 4) is 0 Å². The Labute approximate surface area is 240 Å². The molecule has 0 unspecified atom stereocenters. The number of anilines is 6. The molecular weight excluding hydrogens is 500 g/mol. The first-order valence-electron chi connectivity index (χ1n) is 14.0. The molecule has 0 atom stereocenters. The standard InChI is InChI=1S/C37H32N4/c1-25-14-15-32-33(20-25)37(41(31-17-19-39-24-31)29-12-8-5-9-13-29)35-22-27(3)26(2)21-34(35)36(32)40(30-16-18-38-23-30)28-10-6-4-7-11-28/h4-24,38-39H,1-3H3. The third kappa shape index (κ3) is 4.25. The van der Waals surface area contributed by atoms with E-state index in [1.807, 2.05) is 12.4 Å². The molecule has 41 heavy (non-hydrogen) atoms. The zero-order valence-corrected chi connectivity index (χ0v) is 23.5. The van der Waals surface area contributed by atoms with Gasteiger partial charge in [-0.1, -0.05) is 54.1 Å². The van der Waals surface area contributed by atoms with Crippen molar-refractivity contribution >= 4 is 55.7 Å². The van der Waals surface area contributed by atoms with Crippen molar-refractivity contribution in [3.05, 3.63) is 145 Å². The maximum atomic E-state index is 3.29. The minimum atomic E-state index is 1.09. The van der Waals surface area contributed by atoms with E-state index in [2.05, 4.69) is 156 Å². The SMILES string of the molecule is Cc1ccc2c(N(c3ccccc3)c3cc[nH]c3)c3cc(C)c(C)cc3c(N(c3ccccc3)c3cc[nH]c3)c2c1. The molecule has 0 fully saturated rings. The smallest absolute Gasteiger partial charge is 0.0636 e. The van der Waals surface area contributed by atoms with Gasteiger partial charge in [-0.3, -0.25) is 0 Å². The minimum Gasteiger partial charge on any atom is -0.366 e. The van der Waals surface area contributed by atoms with Crippen molar-refractivity contribution in [3.63, 3.8) is 0 Å². The van der Waals surface area contributed by atoms with E-state index in [4.69, 9.17) is 0 Å². The fourth-order valence-corrected chi connectivity index (χ4v) is 5.92. The Hall–Kier alpha value is -5.22. The average molecular weight is 533 g/mol. The molecule has 4 nitrogen and oxygen atoms in total. The van der Waals surface area contributed by atoms with Crippen molar-refractivity contribution in [2.45, 2.75) is 20.8 Å². The van der Waals surface area contributed by atoms with Crippen molar-refractivity contribution in [2.75, 3.05) is 9.80 Å². The molecule has 0 amide bonds. The maximum absolute atomic E-state index is 3.29. The van der Waals surface area contributed by atoms with Crippen molar-refractivity contribution < 1.29 is 0 Å². The Morgan fingerprint density at radius 3 is 1.37 bits per heavy atom. The molecule has 0 saturated heterocycles. The normalized spacial score (nSPS) is 11.3. The highest BCUT2D eigenvalue weighted by atomic mass is 15.2. The van der Waals surface area contributed by atoms with E-state index in [1.54, 1.807) is 0 Å². The predicted molar refractivity (Wildman–Crippen MR) is 174 cm³/mol. The van der Waals surface area contributed by atoms with Crippen LogP contribution in [0.15, 0.2) is 128 Å². The van der Waals surface area contributed by atoms with Gasteiger partial charge in [-0.05, 0) is 86.5 Å². The molecule has 2 aromatic heterocycles. The lowest BCUT2D eigenvalue weighted by atomic mass is 9.92. The van der Waals surface area contributed by atoms with Gasteiger partial charge >= 0.3 is 0 Å². The molecule has 0 aliphatic heterocycles. The van der Waals surface area contributed by atoms with Crippen LogP contribution in [0.4, 0.5) is 34.1 Å². The van der Waals surface area contributed by atoms with Crippen LogP contribution in [-0.4, -0.2) is 9.97 Å². The summed E-state index contributed by atoms with van der Waals surface area (Å²) in [7, 11) is 0. The first-order valence-corrected chi connectivity index (χ1v) is 14.0. The molecule has 0 spiro atoms. The van der Waals surface area contributed by atoms with Crippen LogP contribution in [0.3, 0.4) is 0 Å². The largest absolute Gasteiger partial charge is 0.366 e. The van der Waals surface area contributed by atoms with Crippen LogP contribution < -0.4 is 9.80 Å². The molecule has 0 saturated carbocycles. The molecule has 0 bridgehead atoms. The van der Waals surface area contributed by atoms with Crippen LogP contribution in [0.2, 0.25) is 0 Å². The molecule has 2 heterocycles. The van der Waals surface area contributed by atoms with E-state index in [0.29, 0.717) is 0 Å². The lowest BCUT2D eigenvalue weighted by molar-refractivity contribution is 1.28. The van der Waals surface area contributed by atoms with E-state index < -0.39 is 0 Å². The molecule has 4 heteroatoms. The Kier molecular flexibility index (Phi) is 6.09. The lowest BCUT2D eigenvalue weighted by Crippen LogP contribution is -2.14. The van der Waals surface area contributed by atoms with E-state index in [-0.39, 0.29) is 0 Å². The summed E-state index contributed by atoms with van der Waals surface area (Å²) < 4.78 is 0. The summed E-state index contributed by atoms with van der Waals surface area (Å²) in [6.45, 7) is 6.60. The van der Waals surface area contributed by atoms with Crippen LogP contribution >= 0.6 is 0 Å². The van der Waals surface area contributed by atoms with Crippen LogP contribution in [0, 0.1) is 20.8 Å². The van der Waals surface area contributed by atoms with E-state index in [9.17, 15) is 0 Å². The fourth-order valence-electron chi connectivity index (χ4n) is 5.92. The molecule has 0 radical (unpaired) electrons. The number of aromatic amines is 2. The summed E-state index contributed by atoms with van der Waals surface area (Å²) in [6, 6.07) is 37.2. The summed E-state index contributed by atoms with van der Waals surface area (Å²) in [4.78, 5) is 11.4. The number of hydrogen-bond acceptors (Lipinski definition) is 2. The number of benzene rings is 5. The van der Waals surface area contributed by atoms with Crippen LogP contribution in [0.1, 0.15) is 16.7 Å². The Balaban J connectivity index is 1.68. The van der Waals surface area contributed by atoms with Crippen LogP contribution in [0.5, 0.6) is 0 Å². The molecule has 7 rings (SSSR count). The highest BCUT2D eigenvalue weighted by Gasteiger charge is 2.26. The molecule has 0 aliphatic carbocycles. The highest BCUT2D eigenvalue weighted by molar-refractivity contribution is 6.23. The number of H-pyrrole nitrogens is 2. The summed E-state index contributed by atoms with van der Waals surface area (Å²) in [5.41, 5.74) is 10.5. The van der Waals surface area contributed by atoms with E-state index >= 15 is 0 Å². The number of aromatic nitrogens is 2. The van der Waals surface area contributed by atoms with Crippen molar-refractivity contribution in [1.82, 2.24) is 9.97 Å². The van der Waals surface area contributed by atoms with Crippen LogP contribution in [-0.2, 0) is 0 Å². The van der Waals surface area contributed by atoms with Gasteiger partial charge in [0.25, 0.3) is 0 Å². The first kappa shape index (κ1) is 24.8. The number of rotatable bonds is 6. The van der Waals surface area contributed by atoms with Gasteiger partial charge in [0.05, 0.1) is 22.7 Å². The molecular formula is C37H32N4. The third-order valence-corrected chi connectivity index (χ3v) is 7.98. The minimum absolute atomic E-state index is 1.09. The van der Waals surface area contributed by atoms with Crippen LogP contribution in [0.25, 0.3) is 21.5 Å². The zero-order valence-electron chi connectivity index (χ0n) is 23.5. The molecule has 7 aromatic rings. The molecule has 5 aromatic carbocycles. The number of para-hydroxylation sites is 2. The number of nitrogens with zero attached hydrogens (tertiary/aromatic N) is 2. The maximum Gasteiger partial charge on any atom is 0.0636 e. The Bertz CT molecular complexity index is 1960. The fraction of sp³-hybridized carbons (Fsp3) is 0.0811. The Morgan fingerprint density at radius 2 is 0.902 bits per heavy atom. The van der Waals surface area contributed by atoms with Gasteiger partial charge in [-0.2, -0.15) is 0 Å². The second-order valence-electron chi connectivity index (χ2n) is 10.7. The van der Waals surface area contributed by atoms with E-state index in [0.717, 1.165) is 22.7 Å². The first-order chi connectivity index (χ1) is 20.1. The third-order valence-electron chi connectivity index (χ3n) is 7.98. The van der Waals surface area contributed by atoms with Gasteiger partial charge in [0.15, 0.2) is 0 Å². The number of fused-ring (bicyclic) bond motifs is 2. The van der Waals surface area contributed by atoms with Gasteiger partial charge in [0, 0.05) is 57.7 Å². The number of nitrogens with one attached hydrogen (secondary N) is 2. The highest BCUT2D eigenvalue weighted by Crippen LogP contribution is 2.51. The molecule has 0 aliphatic rings. The quantitative estimate of drug-likeness (QED) is 0.165. The summed E-state index contributed by atoms with van der Waals surface area (Å²) in [6.07, 6.45) is 8.13. The Morgan fingerprint density at radius 1 is 0.439 bits per heavy atom. The van der Waals surface area contributed by atoms with Crippen molar-refractivity contribution in [1.29, 1.82) is 0 Å². The second-order valence-corrected chi connectivity index (χ2v) is 10.7. The van der Waals surface area contributed by atoms with Gasteiger partial charge in [0.1, 0.15) is 0 Å². The average Bonchev–Trinajstić information content (AvgIpc) is 3.72. The zero-order chi connectivity index (χ0) is 27.9. The van der Waals surface area contributed by atoms with Gasteiger partial charge in [0.2, 0.25) is 0 Å². The van der Waals surface area contributed by atoms with Gasteiger partial charge < -0.3 is 19.8 Å². The second kappa shape index (κ2) is 10.1. The summed E-state index contributed by atoms with van der Waals surface area (Å²) in [5.74, 6) is 0. The topological polar surface area (TPSA) is 38.1 Å².